The smallest absolute Gasteiger partial charge is 0.267 e. The molecule has 36 heavy (non-hydrogen) atoms. The molecule has 0 aliphatic carbocycles. The molecule has 2 saturated heterocycles. The van der Waals surface area contributed by atoms with Gasteiger partial charge in [0, 0.05) is 38.6 Å². The molecule has 7 heteroatoms. The van der Waals surface area contributed by atoms with E-state index in [0.717, 1.165) is 63.7 Å². The molecule has 0 aromatic heterocycles. The second-order valence-electron chi connectivity index (χ2n) is 9.97. The Balaban J connectivity index is 1.18. The number of nitrogens with zero attached hydrogens (tertiary/aromatic N) is 1. The van der Waals surface area contributed by atoms with Gasteiger partial charge in [-0.05, 0) is 61.6 Å². The van der Waals surface area contributed by atoms with Crippen molar-refractivity contribution < 1.29 is 23.9 Å². The van der Waals surface area contributed by atoms with E-state index < -0.39 is 11.9 Å². The Morgan fingerprint density at radius 2 is 2.00 bits per heavy atom. The predicted molar refractivity (Wildman–Crippen MR) is 136 cm³/mol. The number of ketones is 1. The minimum atomic E-state index is -0.439. The van der Waals surface area contributed by atoms with E-state index in [2.05, 4.69) is 34.6 Å². The van der Waals surface area contributed by atoms with Gasteiger partial charge in [0.15, 0.2) is 12.1 Å². The quantitative estimate of drug-likeness (QED) is 0.469. The summed E-state index contributed by atoms with van der Waals surface area (Å²) in [6.45, 7) is 3.48. The van der Waals surface area contributed by atoms with Crippen molar-refractivity contribution in [3.63, 3.8) is 0 Å². The van der Waals surface area contributed by atoms with Crippen molar-refractivity contribution in [3.8, 4) is 5.75 Å². The largest absolute Gasteiger partial charge is 0.486 e. The van der Waals surface area contributed by atoms with Crippen LogP contribution < -0.4 is 10.2 Å². The summed E-state index contributed by atoms with van der Waals surface area (Å²) in [5, 5.41) is 0. The summed E-state index contributed by atoms with van der Waals surface area (Å²) < 4.78 is 11.9. The van der Waals surface area contributed by atoms with E-state index in [-0.39, 0.29) is 11.7 Å². The average molecular weight is 491 g/mol. The van der Waals surface area contributed by atoms with Crippen molar-refractivity contribution in [3.05, 3.63) is 71.3 Å². The zero-order valence-electron chi connectivity index (χ0n) is 20.6. The fraction of sp³-hybridized carbons (Fsp3) is 0.448. The Kier molecular flexibility index (Phi) is 7.80. The third kappa shape index (κ3) is 6.22. The highest BCUT2D eigenvalue weighted by Crippen LogP contribution is 2.40. The minimum Gasteiger partial charge on any atom is -0.486 e. The monoisotopic (exact) mass is 490 g/mol. The maximum Gasteiger partial charge on any atom is 0.267 e. The molecule has 0 saturated carbocycles. The van der Waals surface area contributed by atoms with Gasteiger partial charge >= 0.3 is 0 Å². The SMILES string of the molecule is O=C(/C=C/c1ccc2c(c1)C(=O)CC1(CCCN(Cc3ccccc3)CC1)O2)NOC1CCCCO1. The molecule has 190 valence electrons. The number of fused-ring (bicyclic) bond motifs is 1. The van der Waals surface area contributed by atoms with Crippen LogP contribution in [-0.2, 0) is 20.9 Å². The van der Waals surface area contributed by atoms with Gasteiger partial charge in [-0.2, -0.15) is 0 Å². The first-order valence-electron chi connectivity index (χ1n) is 13.0. The standard InChI is InChI=1S/C29H34N2O5/c32-25-20-29(14-6-16-31(17-15-29)21-23-7-2-1-3-8-23)35-26-12-10-22(19-24(25)26)11-13-27(33)30-36-28-9-4-5-18-34-28/h1-3,7-8,10-13,19,28H,4-6,9,14-18,20-21H2,(H,30,33)/b13-11+. The topological polar surface area (TPSA) is 77.1 Å². The first-order chi connectivity index (χ1) is 17.6. The molecule has 1 amide bonds. The Morgan fingerprint density at radius 1 is 1.11 bits per heavy atom. The highest BCUT2D eigenvalue weighted by molar-refractivity contribution is 6.01. The number of benzene rings is 2. The van der Waals surface area contributed by atoms with Gasteiger partial charge in [-0.15, -0.1) is 0 Å². The highest BCUT2D eigenvalue weighted by atomic mass is 16.8. The van der Waals surface area contributed by atoms with Crippen LogP contribution in [0.1, 0.15) is 66.4 Å². The van der Waals surface area contributed by atoms with Gasteiger partial charge in [-0.25, -0.2) is 10.3 Å². The first kappa shape index (κ1) is 24.7. The van der Waals surface area contributed by atoms with Crippen LogP contribution in [0.4, 0.5) is 0 Å². The number of carbonyl (C=O) groups is 2. The molecule has 3 aliphatic heterocycles. The molecule has 2 fully saturated rings. The van der Waals surface area contributed by atoms with E-state index >= 15 is 0 Å². The van der Waals surface area contributed by atoms with E-state index in [0.29, 0.717) is 24.3 Å². The van der Waals surface area contributed by atoms with E-state index in [1.807, 2.05) is 18.2 Å². The molecule has 3 aliphatic rings. The van der Waals surface area contributed by atoms with Crippen LogP contribution in [0.15, 0.2) is 54.6 Å². The molecule has 0 bridgehead atoms. The number of amides is 1. The summed E-state index contributed by atoms with van der Waals surface area (Å²) in [5.41, 5.74) is 4.63. The first-order valence-corrected chi connectivity index (χ1v) is 13.0. The molecule has 2 aromatic carbocycles. The normalized spacial score (nSPS) is 24.8. The molecule has 1 N–H and O–H groups in total. The number of nitrogens with one attached hydrogen (secondary N) is 1. The second-order valence-corrected chi connectivity index (χ2v) is 9.97. The average Bonchev–Trinajstić information content (AvgIpc) is 3.09. The van der Waals surface area contributed by atoms with Crippen LogP contribution in [0.3, 0.4) is 0 Å². The van der Waals surface area contributed by atoms with Gasteiger partial charge in [0.2, 0.25) is 0 Å². The van der Waals surface area contributed by atoms with E-state index in [1.54, 1.807) is 12.1 Å². The minimum absolute atomic E-state index is 0.102. The summed E-state index contributed by atoms with van der Waals surface area (Å²) in [4.78, 5) is 33.1. The molecule has 0 radical (unpaired) electrons. The van der Waals surface area contributed by atoms with Crippen molar-refractivity contribution in [2.75, 3.05) is 19.7 Å². The van der Waals surface area contributed by atoms with Crippen LogP contribution in [0, 0.1) is 0 Å². The Labute approximate surface area is 212 Å². The van der Waals surface area contributed by atoms with Gasteiger partial charge in [-0.1, -0.05) is 36.4 Å². The van der Waals surface area contributed by atoms with Gasteiger partial charge in [0.1, 0.15) is 11.4 Å². The molecule has 3 heterocycles. The predicted octanol–water partition coefficient (Wildman–Crippen LogP) is 4.66. The Bertz CT molecular complexity index is 1100. The maximum atomic E-state index is 13.2. The zero-order valence-corrected chi connectivity index (χ0v) is 20.6. The number of hydrogen-bond acceptors (Lipinski definition) is 6. The zero-order chi connectivity index (χ0) is 24.8. The Hall–Kier alpha value is -3.00. The fourth-order valence-corrected chi connectivity index (χ4v) is 5.25. The molecule has 2 aromatic rings. The van der Waals surface area contributed by atoms with Gasteiger partial charge < -0.3 is 9.47 Å². The highest BCUT2D eigenvalue weighted by Gasteiger charge is 2.41. The van der Waals surface area contributed by atoms with Crippen molar-refractivity contribution in [2.45, 2.75) is 63.4 Å². The lowest BCUT2D eigenvalue weighted by Crippen LogP contribution is -2.42. The number of rotatable bonds is 6. The molecule has 2 atom stereocenters. The van der Waals surface area contributed by atoms with Crippen LogP contribution in [0.2, 0.25) is 0 Å². The van der Waals surface area contributed by atoms with Crippen molar-refractivity contribution in [1.29, 1.82) is 0 Å². The van der Waals surface area contributed by atoms with Crippen LogP contribution in [0.25, 0.3) is 6.08 Å². The number of likely N-dealkylation sites (tertiary alicyclic amines) is 1. The number of hydroxylamine groups is 1. The molecule has 5 rings (SSSR count). The fourth-order valence-electron chi connectivity index (χ4n) is 5.25. The molecular weight excluding hydrogens is 456 g/mol. The van der Waals surface area contributed by atoms with Gasteiger partial charge in [0.05, 0.1) is 12.0 Å². The summed E-state index contributed by atoms with van der Waals surface area (Å²) >= 11 is 0. The molecular formula is C29H34N2O5. The summed E-state index contributed by atoms with van der Waals surface area (Å²) in [5.74, 6) is 0.370. The van der Waals surface area contributed by atoms with Gasteiger partial charge in [0.25, 0.3) is 5.91 Å². The number of Topliss-reactive ketones (excluding diaryl/α,β-unsaturated/α-hetero) is 1. The van der Waals surface area contributed by atoms with E-state index in [4.69, 9.17) is 14.3 Å². The number of ether oxygens (including phenoxy) is 2. The maximum absolute atomic E-state index is 13.2. The van der Waals surface area contributed by atoms with E-state index in [1.165, 1.54) is 11.6 Å². The summed E-state index contributed by atoms with van der Waals surface area (Å²) in [6, 6.07) is 16.0. The molecule has 1 spiro atoms. The lowest BCUT2D eigenvalue weighted by Gasteiger charge is -2.37. The van der Waals surface area contributed by atoms with Crippen LogP contribution in [-0.4, -0.2) is 48.2 Å². The summed E-state index contributed by atoms with van der Waals surface area (Å²) in [7, 11) is 0. The van der Waals surface area contributed by atoms with Crippen molar-refractivity contribution >= 4 is 17.8 Å². The lowest BCUT2D eigenvalue weighted by molar-refractivity contribution is -0.198. The van der Waals surface area contributed by atoms with Gasteiger partial charge in [-0.3, -0.25) is 14.5 Å². The van der Waals surface area contributed by atoms with Crippen LogP contribution >= 0.6 is 0 Å². The third-order valence-electron chi connectivity index (χ3n) is 7.21. The summed E-state index contributed by atoms with van der Waals surface area (Å²) in [6.07, 6.45) is 8.57. The second kappa shape index (κ2) is 11.4. The number of carbonyl (C=O) groups excluding carboxylic acids is 2. The van der Waals surface area contributed by atoms with Crippen LogP contribution in [0.5, 0.6) is 5.75 Å². The van der Waals surface area contributed by atoms with Crippen molar-refractivity contribution in [1.82, 2.24) is 10.4 Å². The molecule has 2 unspecified atom stereocenters. The van der Waals surface area contributed by atoms with E-state index in [9.17, 15) is 9.59 Å². The third-order valence-corrected chi connectivity index (χ3v) is 7.21. The lowest BCUT2D eigenvalue weighted by atomic mass is 9.84. The Morgan fingerprint density at radius 3 is 2.83 bits per heavy atom. The van der Waals surface area contributed by atoms with Crippen molar-refractivity contribution in [2.24, 2.45) is 0 Å². The molecule has 7 nitrogen and oxygen atoms in total. The number of hydrogen-bond donors (Lipinski definition) is 1.